The Kier molecular flexibility index (Phi) is 12.4. The van der Waals surface area contributed by atoms with Crippen molar-refractivity contribution < 1.29 is 14.2 Å². The normalized spacial score (nSPS) is 16.7. The zero-order valence-corrected chi connectivity index (χ0v) is 19.1. The van der Waals surface area contributed by atoms with Gasteiger partial charge in [-0.15, -0.1) is 24.0 Å². The molecule has 1 aromatic rings. The molecule has 6 nitrogen and oxygen atoms in total. The van der Waals surface area contributed by atoms with Crippen LogP contribution in [0.4, 0.5) is 0 Å². The molecule has 0 aliphatic carbocycles. The molecule has 7 heteroatoms. The third-order valence-electron chi connectivity index (χ3n) is 4.36. The number of ether oxygens (including phenoxy) is 3. The number of guanidine groups is 1. The second kappa shape index (κ2) is 14.0. The second-order valence-electron chi connectivity index (χ2n) is 6.60. The van der Waals surface area contributed by atoms with Crippen LogP contribution in [0.2, 0.25) is 0 Å². The molecule has 1 atom stereocenters. The number of aliphatic imine (C=N–C) groups is 1. The van der Waals surface area contributed by atoms with Crippen LogP contribution in [0.3, 0.4) is 0 Å². The number of nitrogens with one attached hydrogen (secondary N) is 1. The molecule has 1 N–H and O–H groups in total. The monoisotopic (exact) mass is 491 g/mol. The Morgan fingerprint density at radius 3 is 2.74 bits per heavy atom. The van der Waals surface area contributed by atoms with Gasteiger partial charge in [0.1, 0.15) is 5.75 Å². The fraction of sp³-hybridized carbons (Fsp3) is 0.650. The first-order valence-electron chi connectivity index (χ1n) is 9.50. The molecule has 0 amide bonds. The highest BCUT2D eigenvalue weighted by Crippen LogP contribution is 2.13. The third kappa shape index (κ3) is 9.12. The molecular weight excluding hydrogens is 457 g/mol. The maximum Gasteiger partial charge on any atom is 0.193 e. The van der Waals surface area contributed by atoms with Gasteiger partial charge in [-0.05, 0) is 37.5 Å². The Hall–Kier alpha value is -1.06. The fourth-order valence-corrected chi connectivity index (χ4v) is 2.87. The minimum absolute atomic E-state index is 0. The first-order valence-corrected chi connectivity index (χ1v) is 9.50. The SMILES string of the molecule is CCNC(=NCCCOCC1CCOC1)N(C)Cc1ccc(OC)cc1.I. The summed E-state index contributed by atoms with van der Waals surface area (Å²) in [5, 5.41) is 3.35. The van der Waals surface area contributed by atoms with Gasteiger partial charge in [-0.25, -0.2) is 0 Å². The highest BCUT2D eigenvalue weighted by Gasteiger charge is 2.15. The van der Waals surface area contributed by atoms with Crippen molar-refractivity contribution in [3.05, 3.63) is 29.8 Å². The molecule has 1 saturated heterocycles. The van der Waals surface area contributed by atoms with E-state index in [9.17, 15) is 0 Å². The van der Waals surface area contributed by atoms with E-state index >= 15 is 0 Å². The summed E-state index contributed by atoms with van der Waals surface area (Å²) in [4.78, 5) is 6.86. The minimum Gasteiger partial charge on any atom is -0.497 e. The largest absolute Gasteiger partial charge is 0.497 e. The van der Waals surface area contributed by atoms with Crippen molar-refractivity contribution >= 4 is 29.9 Å². The van der Waals surface area contributed by atoms with Crippen LogP contribution in [0.15, 0.2) is 29.3 Å². The van der Waals surface area contributed by atoms with Gasteiger partial charge in [0, 0.05) is 45.8 Å². The predicted octanol–water partition coefficient (Wildman–Crippen LogP) is 3.15. The molecule has 1 aliphatic rings. The molecule has 0 spiro atoms. The van der Waals surface area contributed by atoms with E-state index in [-0.39, 0.29) is 24.0 Å². The predicted molar refractivity (Wildman–Crippen MR) is 120 cm³/mol. The summed E-state index contributed by atoms with van der Waals surface area (Å²) in [7, 11) is 3.74. The van der Waals surface area contributed by atoms with E-state index in [1.54, 1.807) is 7.11 Å². The van der Waals surface area contributed by atoms with E-state index in [4.69, 9.17) is 19.2 Å². The summed E-state index contributed by atoms with van der Waals surface area (Å²) in [6.45, 7) is 7.78. The Morgan fingerprint density at radius 1 is 1.33 bits per heavy atom. The van der Waals surface area contributed by atoms with Crippen LogP contribution in [0, 0.1) is 5.92 Å². The van der Waals surface area contributed by atoms with E-state index in [1.165, 1.54) is 5.56 Å². The highest BCUT2D eigenvalue weighted by molar-refractivity contribution is 14.0. The van der Waals surface area contributed by atoms with Gasteiger partial charge in [0.15, 0.2) is 5.96 Å². The van der Waals surface area contributed by atoms with Crippen LogP contribution in [0.25, 0.3) is 0 Å². The first kappa shape index (κ1) is 24.0. The van der Waals surface area contributed by atoms with Crippen molar-refractivity contribution in [3.8, 4) is 5.75 Å². The number of rotatable bonds is 10. The van der Waals surface area contributed by atoms with Gasteiger partial charge >= 0.3 is 0 Å². The maximum absolute atomic E-state index is 5.74. The fourth-order valence-electron chi connectivity index (χ4n) is 2.87. The quantitative estimate of drug-likeness (QED) is 0.236. The Labute approximate surface area is 180 Å². The van der Waals surface area contributed by atoms with E-state index in [0.717, 1.165) is 70.6 Å². The van der Waals surface area contributed by atoms with Crippen LogP contribution in [0.5, 0.6) is 5.75 Å². The van der Waals surface area contributed by atoms with Crippen molar-refractivity contribution in [1.29, 1.82) is 0 Å². The molecule has 154 valence electrons. The van der Waals surface area contributed by atoms with E-state index in [0.29, 0.717) is 5.92 Å². The van der Waals surface area contributed by atoms with Gasteiger partial charge in [-0.2, -0.15) is 0 Å². The summed E-state index contributed by atoms with van der Waals surface area (Å²) in [5.74, 6) is 2.38. The van der Waals surface area contributed by atoms with Crippen LogP contribution in [-0.4, -0.2) is 64.5 Å². The lowest BCUT2D eigenvalue weighted by atomic mass is 10.1. The number of hydrogen-bond acceptors (Lipinski definition) is 4. The summed E-state index contributed by atoms with van der Waals surface area (Å²) < 4.78 is 16.3. The maximum atomic E-state index is 5.74. The van der Waals surface area contributed by atoms with Crippen LogP contribution < -0.4 is 10.1 Å². The Morgan fingerprint density at radius 2 is 2.11 bits per heavy atom. The zero-order valence-electron chi connectivity index (χ0n) is 16.8. The van der Waals surface area contributed by atoms with Crippen molar-refractivity contribution in [1.82, 2.24) is 10.2 Å². The van der Waals surface area contributed by atoms with Crippen molar-refractivity contribution in [2.75, 3.05) is 53.7 Å². The number of hydrogen-bond donors (Lipinski definition) is 1. The highest BCUT2D eigenvalue weighted by atomic mass is 127. The number of halogens is 1. The van der Waals surface area contributed by atoms with Crippen LogP contribution in [-0.2, 0) is 16.0 Å². The summed E-state index contributed by atoms with van der Waals surface area (Å²) in [5.41, 5.74) is 1.22. The lowest BCUT2D eigenvalue weighted by molar-refractivity contribution is 0.0893. The molecule has 0 saturated carbocycles. The average molecular weight is 491 g/mol. The molecule has 2 rings (SSSR count). The number of benzene rings is 1. The van der Waals surface area contributed by atoms with E-state index < -0.39 is 0 Å². The van der Waals surface area contributed by atoms with Crippen molar-refractivity contribution in [2.45, 2.75) is 26.3 Å². The van der Waals surface area contributed by atoms with Gasteiger partial charge in [0.2, 0.25) is 0 Å². The second-order valence-corrected chi connectivity index (χ2v) is 6.60. The Balaban J connectivity index is 0.00000364. The topological polar surface area (TPSA) is 55.3 Å². The summed E-state index contributed by atoms with van der Waals surface area (Å²) in [6, 6.07) is 8.14. The van der Waals surface area contributed by atoms with Gasteiger partial charge in [-0.3, -0.25) is 4.99 Å². The molecule has 27 heavy (non-hydrogen) atoms. The van der Waals surface area contributed by atoms with Crippen molar-refractivity contribution in [3.63, 3.8) is 0 Å². The number of nitrogens with zero attached hydrogens (tertiary/aromatic N) is 2. The molecule has 0 bridgehead atoms. The molecule has 1 aromatic carbocycles. The van der Waals surface area contributed by atoms with Gasteiger partial charge in [0.05, 0.1) is 20.3 Å². The smallest absolute Gasteiger partial charge is 0.193 e. The lowest BCUT2D eigenvalue weighted by Crippen LogP contribution is -2.38. The Bertz CT molecular complexity index is 534. The standard InChI is InChI=1S/C20H33N3O3.HI/c1-4-21-20(22-11-5-12-25-15-18-10-13-26-16-18)23(2)14-17-6-8-19(24-3)9-7-17;/h6-9,18H,4-5,10-16H2,1-3H3,(H,21,22);1H. The van der Waals surface area contributed by atoms with Crippen LogP contribution >= 0.6 is 24.0 Å². The van der Waals surface area contributed by atoms with Gasteiger partial charge in [0.25, 0.3) is 0 Å². The molecule has 1 heterocycles. The van der Waals surface area contributed by atoms with Crippen molar-refractivity contribution in [2.24, 2.45) is 10.9 Å². The molecule has 1 fully saturated rings. The first-order chi connectivity index (χ1) is 12.7. The lowest BCUT2D eigenvalue weighted by Gasteiger charge is -2.22. The third-order valence-corrected chi connectivity index (χ3v) is 4.36. The summed E-state index contributed by atoms with van der Waals surface area (Å²) in [6.07, 6.45) is 2.05. The van der Waals surface area contributed by atoms with Crippen LogP contribution in [0.1, 0.15) is 25.3 Å². The van der Waals surface area contributed by atoms with E-state index in [2.05, 4.69) is 36.3 Å². The zero-order chi connectivity index (χ0) is 18.6. The molecule has 0 radical (unpaired) electrons. The number of methoxy groups -OCH3 is 1. The summed E-state index contributed by atoms with van der Waals surface area (Å²) >= 11 is 0. The molecule has 1 unspecified atom stereocenters. The van der Waals surface area contributed by atoms with Gasteiger partial charge in [-0.1, -0.05) is 12.1 Å². The molecular formula is C20H34IN3O3. The minimum atomic E-state index is 0. The molecule has 1 aliphatic heterocycles. The van der Waals surface area contributed by atoms with E-state index in [1.807, 2.05) is 12.1 Å². The average Bonchev–Trinajstić information content (AvgIpc) is 3.17. The molecule has 0 aromatic heterocycles. The van der Waals surface area contributed by atoms with Gasteiger partial charge < -0.3 is 24.4 Å².